The first kappa shape index (κ1) is 10.7. The molecule has 0 amide bonds. The van der Waals surface area contributed by atoms with Crippen LogP contribution in [0.1, 0.15) is 17.5 Å². The molecule has 0 aliphatic heterocycles. The molecule has 0 heterocycles. The molecule has 0 radical (unpaired) electrons. The van der Waals surface area contributed by atoms with Crippen LogP contribution < -0.4 is 0 Å². The van der Waals surface area contributed by atoms with Crippen LogP contribution in [0.15, 0.2) is 24.3 Å². The van der Waals surface area contributed by atoms with Crippen LogP contribution in [0.2, 0.25) is 0 Å². The lowest BCUT2D eigenvalue weighted by molar-refractivity contribution is -0.0271. The Morgan fingerprint density at radius 2 is 2.00 bits per heavy atom. The number of hydrogen-bond acceptors (Lipinski definition) is 1. The van der Waals surface area contributed by atoms with Gasteiger partial charge in [-0.05, 0) is 6.07 Å². The summed E-state index contributed by atoms with van der Waals surface area (Å²) >= 11 is 0. The van der Waals surface area contributed by atoms with Crippen molar-refractivity contribution in [3.05, 3.63) is 35.4 Å². The van der Waals surface area contributed by atoms with Gasteiger partial charge in [-0.15, -0.1) is 6.42 Å². The van der Waals surface area contributed by atoms with Crippen LogP contribution >= 0.6 is 0 Å². The molecule has 0 atom stereocenters. The van der Waals surface area contributed by atoms with Crippen LogP contribution in [0.3, 0.4) is 0 Å². The van der Waals surface area contributed by atoms with Gasteiger partial charge >= 0.3 is 0 Å². The number of rotatable bonds is 3. The lowest BCUT2D eigenvalue weighted by Gasteiger charge is -2.16. The molecule has 0 aromatic heterocycles. The average molecular weight is 196 g/mol. The molecule has 0 aliphatic rings. The van der Waals surface area contributed by atoms with Crippen molar-refractivity contribution in [2.75, 3.05) is 6.61 Å². The van der Waals surface area contributed by atoms with E-state index in [2.05, 4.69) is 5.92 Å². The van der Waals surface area contributed by atoms with Gasteiger partial charge in [0.15, 0.2) is 0 Å². The maximum atomic E-state index is 13.3. The molecule has 0 saturated heterocycles. The maximum Gasteiger partial charge on any atom is 0.276 e. The highest BCUT2D eigenvalue weighted by atomic mass is 19.3. The van der Waals surface area contributed by atoms with E-state index in [1.807, 2.05) is 0 Å². The third kappa shape index (κ3) is 2.09. The molecule has 0 saturated carbocycles. The summed E-state index contributed by atoms with van der Waals surface area (Å²) < 4.78 is 26.7. The number of halogens is 2. The molecule has 0 aliphatic carbocycles. The molecule has 0 unspecified atom stereocenters. The van der Waals surface area contributed by atoms with Crippen LogP contribution in [0.5, 0.6) is 0 Å². The number of hydrogen-bond donors (Lipinski definition) is 1. The van der Waals surface area contributed by atoms with E-state index in [0.29, 0.717) is 0 Å². The minimum absolute atomic E-state index is 0.172. The van der Waals surface area contributed by atoms with Gasteiger partial charge in [0.25, 0.3) is 5.92 Å². The first-order valence-electron chi connectivity index (χ1n) is 4.16. The summed E-state index contributed by atoms with van der Waals surface area (Å²) in [6.45, 7) is -0.564. The highest BCUT2D eigenvalue weighted by Crippen LogP contribution is 2.33. The Morgan fingerprint density at radius 3 is 2.57 bits per heavy atom. The van der Waals surface area contributed by atoms with Crippen molar-refractivity contribution in [3.8, 4) is 12.3 Å². The first-order chi connectivity index (χ1) is 6.61. The zero-order chi connectivity index (χ0) is 10.6. The van der Waals surface area contributed by atoms with Crippen molar-refractivity contribution < 1.29 is 13.9 Å². The molecule has 1 aromatic rings. The SMILES string of the molecule is C#Cc1ccccc1C(F)(F)CCO. The van der Waals surface area contributed by atoms with Gasteiger partial charge < -0.3 is 5.11 Å². The molecular weight excluding hydrogens is 186 g/mol. The van der Waals surface area contributed by atoms with E-state index in [0.717, 1.165) is 0 Å². The van der Waals surface area contributed by atoms with Crippen molar-refractivity contribution >= 4 is 0 Å². The molecule has 0 spiro atoms. The zero-order valence-corrected chi connectivity index (χ0v) is 7.50. The summed E-state index contributed by atoms with van der Waals surface area (Å²) in [4.78, 5) is 0. The van der Waals surface area contributed by atoms with E-state index in [4.69, 9.17) is 11.5 Å². The lowest BCUT2D eigenvalue weighted by atomic mass is 10.00. The molecule has 0 bridgehead atoms. The second-order valence-electron chi connectivity index (χ2n) is 2.87. The standard InChI is InChI=1S/C11H10F2O/c1-2-9-5-3-4-6-10(9)11(12,13)7-8-14/h1,3-6,14H,7-8H2. The number of alkyl halides is 2. The average Bonchev–Trinajstić information content (AvgIpc) is 2.18. The van der Waals surface area contributed by atoms with E-state index in [1.165, 1.54) is 18.2 Å². The Morgan fingerprint density at radius 1 is 1.36 bits per heavy atom. The molecular formula is C11H10F2O. The number of benzene rings is 1. The Balaban J connectivity index is 3.12. The Hall–Kier alpha value is -1.40. The fourth-order valence-corrected chi connectivity index (χ4v) is 1.20. The van der Waals surface area contributed by atoms with Gasteiger partial charge in [0.2, 0.25) is 0 Å². The molecule has 1 rings (SSSR count). The molecule has 14 heavy (non-hydrogen) atoms. The fourth-order valence-electron chi connectivity index (χ4n) is 1.20. The quantitative estimate of drug-likeness (QED) is 0.734. The van der Waals surface area contributed by atoms with Gasteiger partial charge in [-0.25, -0.2) is 8.78 Å². The van der Waals surface area contributed by atoms with E-state index < -0.39 is 19.0 Å². The minimum atomic E-state index is -3.06. The normalized spacial score (nSPS) is 11.0. The predicted octanol–water partition coefficient (Wildman–Crippen LogP) is 2.14. The van der Waals surface area contributed by atoms with E-state index in [-0.39, 0.29) is 11.1 Å². The third-order valence-corrected chi connectivity index (χ3v) is 1.90. The number of aliphatic hydroxyl groups excluding tert-OH is 1. The van der Waals surface area contributed by atoms with Crippen LogP contribution in [-0.2, 0) is 5.92 Å². The largest absolute Gasteiger partial charge is 0.396 e. The Kier molecular flexibility index (Phi) is 3.21. The lowest BCUT2D eigenvalue weighted by Crippen LogP contribution is -2.16. The second-order valence-corrected chi connectivity index (χ2v) is 2.87. The van der Waals surface area contributed by atoms with Crippen LogP contribution in [0.4, 0.5) is 8.78 Å². The number of terminal acetylenes is 1. The van der Waals surface area contributed by atoms with Crippen molar-refractivity contribution in [2.45, 2.75) is 12.3 Å². The molecule has 1 N–H and O–H groups in total. The predicted molar refractivity (Wildman–Crippen MR) is 50.0 cm³/mol. The van der Waals surface area contributed by atoms with Crippen LogP contribution in [0, 0.1) is 12.3 Å². The van der Waals surface area contributed by atoms with Gasteiger partial charge in [0.05, 0.1) is 0 Å². The van der Waals surface area contributed by atoms with Crippen molar-refractivity contribution in [1.82, 2.24) is 0 Å². The molecule has 0 fully saturated rings. The summed E-state index contributed by atoms with van der Waals surface area (Å²) in [6, 6.07) is 5.85. The summed E-state index contributed by atoms with van der Waals surface area (Å²) in [7, 11) is 0. The molecule has 74 valence electrons. The molecule has 1 aromatic carbocycles. The monoisotopic (exact) mass is 196 g/mol. The van der Waals surface area contributed by atoms with Crippen molar-refractivity contribution in [1.29, 1.82) is 0 Å². The summed E-state index contributed by atoms with van der Waals surface area (Å²) in [5.41, 5.74) is -0.0255. The molecule has 1 nitrogen and oxygen atoms in total. The highest BCUT2D eigenvalue weighted by molar-refractivity contribution is 5.42. The van der Waals surface area contributed by atoms with E-state index >= 15 is 0 Å². The Labute approximate surface area is 81.4 Å². The van der Waals surface area contributed by atoms with Crippen LogP contribution in [0.25, 0.3) is 0 Å². The molecule has 3 heteroatoms. The zero-order valence-electron chi connectivity index (χ0n) is 7.50. The van der Waals surface area contributed by atoms with Gasteiger partial charge in [-0.3, -0.25) is 0 Å². The topological polar surface area (TPSA) is 20.2 Å². The summed E-state index contributed by atoms with van der Waals surface area (Å²) in [5, 5.41) is 8.50. The van der Waals surface area contributed by atoms with E-state index in [9.17, 15) is 8.78 Å². The fraction of sp³-hybridized carbons (Fsp3) is 0.273. The van der Waals surface area contributed by atoms with E-state index in [1.54, 1.807) is 6.07 Å². The van der Waals surface area contributed by atoms with Crippen LogP contribution in [-0.4, -0.2) is 11.7 Å². The van der Waals surface area contributed by atoms with Crippen molar-refractivity contribution in [3.63, 3.8) is 0 Å². The first-order valence-corrected chi connectivity index (χ1v) is 4.16. The van der Waals surface area contributed by atoms with Crippen molar-refractivity contribution in [2.24, 2.45) is 0 Å². The minimum Gasteiger partial charge on any atom is -0.396 e. The highest BCUT2D eigenvalue weighted by Gasteiger charge is 2.32. The van der Waals surface area contributed by atoms with Gasteiger partial charge in [0.1, 0.15) is 0 Å². The maximum absolute atomic E-state index is 13.3. The number of aliphatic hydroxyl groups is 1. The van der Waals surface area contributed by atoms with Gasteiger partial charge in [-0.2, -0.15) is 0 Å². The van der Waals surface area contributed by atoms with Gasteiger partial charge in [0, 0.05) is 24.2 Å². The smallest absolute Gasteiger partial charge is 0.276 e. The third-order valence-electron chi connectivity index (χ3n) is 1.90. The summed E-state index contributed by atoms with van der Waals surface area (Å²) in [5.74, 6) is -0.859. The summed E-state index contributed by atoms with van der Waals surface area (Å²) in [6.07, 6.45) is 4.49. The van der Waals surface area contributed by atoms with Gasteiger partial charge in [-0.1, -0.05) is 24.1 Å². The Bertz CT molecular complexity index is 353. The second kappa shape index (κ2) is 4.21.